The molecule has 0 saturated carbocycles. The topological polar surface area (TPSA) is 184 Å². The molecule has 0 fully saturated rings. The molecule has 10 nitrogen and oxygen atoms in total. The highest BCUT2D eigenvalue weighted by molar-refractivity contribution is 6.68. The summed E-state index contributed by atoms with van der Waals surface area (Å²) in [7, 11) is 0. The molecule has 224 valence electrons. The van der Waals surface area contributed by atoms with Gasteiger partial charge < -0.3 is 22.5 Å². The fourth-order valence-corrected chi connectivity index (χ4v) is 4.26. The third-order valence-electron chi connectivity index (χ3n) is 4.74. The largest absolute Gasteiger partial charge is 0.399 e. The first-order chi connectivity index (χ1) is 20.1. The minimum atomic E-state index is -0.936. The van der Waals surface area contributed by atoms with Gasteiger partial charge in [-0.05, 0) is 60.1 Å². The Morgan fingerprint density at radius 2 is 1.16 bits per heavy atom. The van der Waals surface area contributed by atoms with Gasteiger partial charge in [-0.25, -0.2) is 8.78 Å². The summed E-state index contributed by atoms with van der Waals surface area (Å²) in [5.74, 6) is -3.76. The summed E-state index contributed by atoms with van der Waals surface area (Å²) in [4.78, 5) is 51.5. The van der Waals surface area contributed by atoms with Crippen molar-refractivity contribution in [2.75, 3.05) is 11.1 Å². The summed E-state index contributed by atoms with van der Waals surface area (Å²) in [6.45, 7) is 0. The molecule has 0 unspecified atom stereocenters. The molecule has 0 bridgehead atoms. The van der Waals surface area contributed by atoms with Gasteiger partial charge in [-0.3, -0.25) is 29.1 Å². The van der Waals surface area contributed by atoms with Crippen LogP contribution in [0.2, 0.25) is 20.1 Å². The summed E-state index contributed by atoms with van der Waals surface area (Å²) >= 11 is 27.4. The van der Waals surface area contributed by atoms with Crippen molar-refractivity contribution < 1.29 is 28.0 Å². The Labute approximate surface area is 267 Å². The van der Waals surface area contributed by atoms with Crippen molar-refractivity contribution in [1.29, 1.82) is 0 Å². The van der Waals surface area contributed by atoms with Gasteiger partial charge in [0.15, 0.2) is 0 Å². The van der Waals surface area contributed by atoms with Crippen molar-refractivity contribution in [3.05, 3.63) is 115 Å². The fraction of sp³-hybridized carbons (Fsp3) is 0. The number of rotatable bonds is 5. The molecule has 2 heterocycles. The number of nitrogens with one attached hydrogen (secondary N) is 1. The Morgan fingerprint density at radius 1 is 0.698 bits per heavy atom. The first-order valence-corrected chi connectivity index (χ1v) is 13.1. The summed E-state index contributed by atoms with van der Waals surface area (Å²) in [5, 5.41) is 1.46. The Kier molecular flexibility index (Phi) is 13.0. The molecule has 0 aliphatic heterocycles. The van der Waals surface area contributed by atoms with E-state index in [1.807, 2.05) is 0 Å². The van der Waals surface area contributed by atoms with Crippen LogP contribution < -0.4 is 22.5 Å². The van der Waals surface area contributed by atoms with E-state index in [1.165, 1.54) is 42.7 Å². The molecule has 17 heteroatoms. The smallest absolute Gasteiger partial charge is 0.267 e. The number of pyridine rings is 2. The average Bonchev–Trinajstić information content (AvgIpc) is 2.88. The predicted octanol–water partition coefficient (Wildman–Crippen LogP) is 6.15. The first-order valence-electron chi connectivity index (χ1n) is 11.2. The van der Waals surface area contributed by atoms with Crippen molar-refractivity contribution in [2.24, 2.45) is 11.5 Å². The van der Waals surface area contributed by atoms with Crippen LogP contribution >= 0.6 is 58.0 Å². The molecule has 43 heavy (non-hydrogen) atoms. The second-order valence-electron chi connectivity index (χ2n) is 7.85. The SMILES string of the molecule is NC(=O)c1cc(N)ccn1.NC(=O)c1cc(NC(=O)c2c(F)cc(Cl)cc2Cl)ccn1.O=C(Cl)c1c(F)cc(Cl)cc1Cl. The molecular weight excluding hydrogens is 676 g/mol. The van der Waals surface area contributed by atoms with Gasteiger partial charge in [0.1, 0.15) is 23.0 Å². The van der Waals surface area contributed by atoms with Crippen LogP contribution in [0.4, 0.5) is 20.2 Å². The van der Waals surface area contributed by atoms with Gasteiger partial charge in [0.05, 0.1) is 21.2 Å². The maximum atomic E-state index is 13.8. The standard InChI is InChI=1S/C13H8Cl2FN3O2.C7H2Cl3FO.C6H7N3O/c14-6-3-8(15)11(9(16)4-6)13(21)19-7-1-2-18-10(5-7)12(17)20;8-3-1-4(9)6(7(10)12)5(11)2-3;7-4-1-2-9-5(3-4)6(8)10/h1-5H,(H2,17,20)(H,18,19,21);1-2H;1-3H,(H2,7,9)(H2,8,10). The number of anilines is 2. The molecule has 0 atom stereocenters. The zero-order valence-electron chi connectivity index (χ0n) is 21.2. The molecule has 0 spiro atoms. The van der Waals surface area contributed by atoms with E-state index in [0.29, 0.717) is 5.69 Å². The van der Waals surface area contributed by atoms with E-state index in [2.05, 4.69) is 15.3 Å². The van der Waals surface area contributed by atoms with E-state index in [-0.39, 0.29) is 48.3 Å². The van der Waals surface area contributed by atoms with E-state index in [0.717, 1.165) is 12.1 Å². The van der Waals surface area contributed by atoms with E-state index in [9.17, 15) is 28.0 Å². The maximum absolute atomic E-state index is 13.8. The summed E-state index contributed by atoms with van der Waals surface area (Å²) < 4.78 is 26.6. The molecule has 3 amide bonds. The number of hydrogen-bond acceptors (Lipinski definition) is 7. The molecule has 7 N–H and O–H groups in total. The number of aromatic nitrogens is 2. The molecular formula is C26H17Cl5F2N6O4. The Morgan fingerprint density at radius 3 is 1.58 bits per heavy atom. The van der Waals surface area contributed by atoms with Crippen molar-refractivity contribution >= 4 is 92.3 Å². The third kappa shape index (κ3) is 10.6. The molecule has 0 radical (unpaired) electrons. The van der Waals surface area contributed by atoms with Crippen LogP contribution in [0.3, 0.4) is 0 Å². The van der Waals surface area contributed by atoms with Crippen LogP contribution in [0.1, 0.15) is 41.7 Å². The van der Waals surface area contributed by atoms with Gasteiger partial charge in [0.25, 0.3) is 23.0 Å². The summed E-state index contributed by atoms with van der Waals surface area (Å²) in [5.41, 5.74) is 15.5. The van der Waals surface area contributed by atoms with Crippen molar-refractivity contribution in [2.45, 2.75) is 0 Å². The lowest BCUT2D eigenvalue weighted by atomic mass is 10.2. The van der Waals surface area contributed by atoms with Crippen LogP contribution in [0.25, 0.3) is 0 Å². The van der Waals surface area contributed by atoms with Crippen LogP contribution in [0, 0.1) is 11.6 Å². The van der Waals surface area contributed by atoms with Crippen molar-refractivity contribution in [3.63, 3.8) is 0 Å². The lowest BCUT2D eigenvalue weighted by molar-refractivity contribution is 0.0987. The molecule has 4 rings (SSSR count). The minimum Gasteiger partial charge on any atom is -0.399 e. The average molecular weight is 693 g/mol. The van der Waals surface area contributed by atoms with Gasteiger partial charge >= 0.3 is 0 Å². The number of amides is 3. The molecule has 4 aromatic rings. The highest BCUT2D eigenvalue weighted by Gasteiger charge is 2.18. The van der Waals surface area contributed by atoms with Gasteiger partial charge in [0, 0.05) is 33.8 Å². The van der Waals surface area contributed by atoms with Crippen molar-refractivity contribution in [1.82, 2.24) is 9.97 Å². The quantitative estimate of drug-likeness (QED) is 0.181. The number of halogens is 7. The number of nitrogens with zero attached hydrogens (tertiary/aromatic N) is 2. The zero-order chi connectivity index (χ0) is 32.4. The second kappa shape index (κ2) is 16.0. The Bertz CT molecular complexity index is 1660. The number of nitrogens with two attached hydrogens (primary N) is 3. The second-order valence-corrected chi connectivity index (χ2v) is 9.88. The minimum absolute atomic E-state index is 0.0320. The third-order valence-corrected chi connectivity index (χ3v) is 5.97. The van der Waals surface area contributed by atoms with E-state index in [1.54, 1.807) is 6.07 Å². The summed E-state index contributed by atoms with van der Waals surface area (Å²) in [6, 6.07) is 10.2. The highest BCUT2D eigenvalue weighted by Crippen LogP contribution is 2.26. The monoisotopic (exact) mass is 690 g/mol. The van der Waals surface area contributed by atoms with Gasteiger partial charge in [0.2, 0.25) is 0 Å². The number of nitrogen functional groups attached to an aromatic ring is 1. The Hall–Kier alpha value is -4.07. The van der Waals surface area contributed by atoms with Crippen LogP contribution in [-0.2, 0) is 0 Å². The molecule has 2 aromatic heterocycles. The van der Waals surface area contributed by atoms with Crippen molar-refractivity contribution in [3.8, 4) is 0 Å². The molecule has 2 aromatic carbocycles. The van der Waals surface area contributed by atoms with Gasteiger partial charge in [-0.1, -0.05) is 46.4 Å². The van der Waals surface area contributed by atoms with Gasteiger partial charge in [-0.15, -0.1) is 0 Å². The number of primary amides is 2. The normalized spacial score (nSPS) is 9.93. The molecule has 0 aliphatic rings. The predicted molar refractivity (Wildman–Crippen MR) is 161 cm³/mol. The maximum Gasteiger partial charge on any atom is 0.267 e. The summed E-state index contributed by atoms with van der Waals surface area (Å²) in [6.07, 6.45) is 2.73. The van der Waals surface area contributed by atoms with Gasteiger partial charge in [-0.2, -0.15) is 0 Å². The number of carbonyl (C=O) groups excluding carboxylic acids is 4. The molecule has 0 saturated heterocycles. The van der Waals surface area contributed by atoms with E-state index >= 15 is 0 Å². The first kappa shape index (κ1) is 35.1. The fourth-order valence-electron chi connectivity index (χ4n) is 2.91. The molecule has 0 aliphatic carbocycles. The zero-order valence-corrected chi connectivity index (χ0v) is 25.0. The highest BCUT2D eigenvalue weighted by atomic mass is 35.5. The van der Waals surface area contributed by atoms with Crippen LogP contribution in [-0.4, -0.2) is 32.9 Å². The number of carbonyl (C=O) groups is 4. The number of hydrogen-bond donors (Lipinski definition) is 4. The van der Waals surface area contributed by atoms with Crippen LogP contribution in [0.15, 0.2) is 60.9 Å². The lowest BCUT2D eigenvalue weighted by Crippen LogP contribution is -2.17. The van der Waals surface area contributed by atoms with Crippen LogP contribution in [0.5, 0.6) is 0 Å². The van der Waals surface area contributed by atoms with E-state index < -0.39 is 34.6 Å². The Balaban J connectivity index is 0.000000248. The van der Waals surface area contributed by atoms with E-state index in [4.69, 9.17) is 75.2 Å². The number of benzene rings is 2. The lowest BCUT2D eigenvalue weighted by Gasteiger charge is -2.08.